The molecule has 0 radical (unpaired) electrons. The van der Waals surface area contributed by atoms with Crippen LogP contribution in [0, 0.1) is 5.82 Å². The largest absolute Gasteiger partial charge is 0.547 e. The summed E-state index contributed by atoms with van der Waals surface area (Å²) in [5.74, 6) is -0.226. The number of aliphatic carboxylic acids is 1. The number of carboxylic acid groups (broad SMARTS) is 1. The summed E-state index contributed by atoms with van der Waals surface area (Å²) in [6, 6.07) is 20.0. The van der Waals surface area contributed by atoms with Crippen LogP contribution < -0.4 is 14.6 Å². The van der Waals surface area contributed by atoms with Crippen molar-refractivity contribution in [2.24, 2.45) is 0 Å². The third-order valence-electron chi connectivity index (χ3n) is 5.10. The van der Waals surface area contributed by atoms with E-state index in [-0.39, 0.29) is 19.7 Å². The molecule has 0 bridgehead atoms. The Labute approximate surface area is 199 Å². The number of methoxy groups -OCH3 is 1. The van der Waals surface area contributed by atoms with Crippen LogP contribution in [0.3, 0.4) is 0 Å². The highest BCUT2D eigenvalue weighted by molar-refractivity contribution is 5.70. The number of aliphatic hydroxyl groups is 1. The van der Waals surface area contributed by atoms with Gasteiger partial charge in [-0.25, -0.2) is 4.39 Å². The first-order valence-electron chi connectivity index (χ1n) is 10.6. The second kappa shape index (κ2) is 13.3. The Morgan fingerprint density at radius 2 is 1.35 bits per heavy atom. The van der Waals surface area contributed by atoms with Gasteiger partial charge >= 0.3 is 0 Å². The molecule has 0 amide bonds. The molecule has 6 nitrogen and oxygen atoms in total. The zero-order chi connectivity index (χ0) is 23.6. The predicted molar refractivity (Wildman–Crippen MR) is 125 cm³/mol. The van der Waals surface area contributed by atoms with E-state index < -0.39 is 18.2 Å². The summed E-state index contributed by atoms with van der Waals surface area (Å²) in [5, 5.41) is 21.3. The fourth-order valence-electron chi connectivity index (χ4n) is 3.22. The van der Waals surface area contributed by atoms with E-state index >= 15 is 0 Å². The molecule has 0 spiro atoms. The maximum Gasteiger partial charge on any atom is 0.123 e. The number of hydrogen-bond donors (Lipinski definition) is 1. The molecule has 0 aromatic heterocycles. The Balaban J connectivity index is 0.00000408. The van der Waals surface area contributed by atoms with Gasteiger partial charge in [0.2, 0.25) is 0 Å². The number of carboxylic acids is 1. The van der Waals surface area contributed by atoms with Gasteiger partial charge in [0.25, 0.3) is 0 Å². The molecular formula is C27H30FO6-. The second-order valence-electron chi connectivity index (χ2n) is 7.47. The number of rotatable bonds is 12. The average molecular weight is 470 g/mol. The van der Waals surface area contributed by atoms with E-state index in [1.807, 2.05) is 0 Å². The first-order chi connectivity index (χ1) is 16.0. The molecular weight excluding hydrogens is 439 g/mol. The molecule has 3 rings (SSSR count). The van der Waals surface area contributed by atoms with Gasteiger partial charge in [-0.3, -0.25) is 0 Å². The summed E-state index contributed by atoms with van der Waals surface area (Å²) < 4.78 is 29.3. The Kier molecular flexibility index (Phi) is 10.5. The molecule has 2 atom stereocenters. The Morgan fingerprint density at radius 3 is 1.82 bits per heavy atom. The number of carbonyl (C=O) groups excluding carboxylic acids is 1. The van der Waals surface area contributed by atoms with Crippen LogP contribution in [0.2, 0.25) is 0 Å². The summed E-state index contributed by atoms with van der Waals surface area (Å²) in [7, 11) is 1.34. The number of benzene rings is 3. The molecule has 1 N–H and O–H groups in total. The molecule has 0 fully saturated rings. The van der Waals surface area contributed by atoms with Crippen LogP contribution in [0.4, 0.5) is 4.39 Å². The summed E-state index contributed by atoms with van der Waals surface area (Å²) in [6.45, 7) is 0.916. The molecule has 3 aromatic rings. The number of halogens is 1. The van der Waals surface area contributed by atoms with E-state index in [1.54, 1.807) is 60.7 Å². The van der Waals surface area contributed by atoms with Crippen LogP contribution in [0.15, 0.2) is 72.8 Å². The summed E-state index contributed by atoms with van der Waals surface area (Å²) in [6.07, 6.45) is -0.917. The number of hydrogen-bond acceptors (Lipinski definition) is 6. The zero-order valence-electron chi connectivity index (χ0n) is 18.3. The maximum atomic E-state index is 13.0. The second-order valence-corrected chi connectivity index (χ2v) is 7.47. The van der Waals surface area contributed by atoms with Gasteiger partial charge in [0.15, 0.2) is 0 Å². The highest BCUT2D eigenvalue weighted by Gasteiger charge is 2.11. The standard InChI is InChI=1S/C26H27FO6.CH4/c1-31-24(26(29)30)17-18-3-11-22(12-4-18)32-15-2-16-33-23-13-7-20(8-14-23)25(28)19-5-9-21(27)10-6-19;/h3-14,24-25,28H,2,15-17H2,1H3,(H,29,30);1H4/p-1/t24-,25?;/m0./s1. The van der Waals surface area contributed by atoms with Crippen LogP contribution in [0.5, 0.6) is 11.5 Å². The fourth-order valence-corrected chi connectivity index (χ4v) is 3.22. The maximum absolute atomic E-state index is 13.0. The third kappa shape index (κ3) is 7.86. The van der Waals surface area contributed by atoms with Crippen LogP contribution in [0.1, 0.15) is 36.6 Å². The van der Waals surface area contributed by atoms with E-state index in [2.05, 4.69) is 0 Å². The quantitative estimate of drug-likeness (QED) is 0.407. The van der Waals surface area contributed by atoms with E-state index in [0.717, 1.165) is 5.56 Å². The molecule has 1 unspecified atom stereocenters. The Bertz CT molecular complexity index is 1000. The van der Waals surface area contributed by atoms with E-state index in [0.29, 0.717) is 42.3 Å². The lowest BCUT2D eigenvalue weighted by Gasteiger charge is -2.16. The topological polar surface area (TPSA) is 88.1 Å². The van der Waals surface area contributed by atoms with Crippen molar-refractivity contribution in [3.05, 3.63) is 95.3 Å². The number of aliphatic hydroxyl groups excluding tert-OH is 1. The smallest absolute Gasteiger partial charge is 0.123 e. The molecule has 0 heterocycles. The molecule has 182 valence electrons. The van der Waals surface area contributed by atoms with Crippen molar-refractivity contribution in [3.63, 3.8) is 0 Å². The molecule has 34 heavy (non-hydrogen) atoms. The van der Waals surface area contributed by atoms with Gasteiger partial charge in [-0.15, -0.1) is 0 Å². The summed E-state index contributed by atoms with van der Waals surface area (Å²) in [5.41, 5.74) is 2.12. The monoisotopic (exact) mass is 469 g/mol. The number of carbonyl (C=O) groups is 1. The van der Waals surface area contributed by atoms with Crippen LogP contribution in [-0.4, -0.2) is 37.5 Å². The molecule has 0 aliphatic carbocycles. The third-order valence-corrected chi connectivity index (χ3v) is 5.10. The van der Waals surface area contributed by atoms with Crippen LogP contribution >= 0.6 is 0 Å². The van der Waals surface area contributed by atoms with Crippen molar-refractivity contribution in [2.75, 3.05) is 20.3 Å². The molecule has 0 saturated heterocycles. The fraction of sp³-hybridized carbons (Fsp3) is 0.296. The van der Waals surface area contributed by atoms with Crippen molar-refractivity contribution in [1.82, 2.24) is 0 Å². The summed E-state index contributed by atoms with van der Waals surface area (Å²) >= 11 is 0. The van der Waals surface area contributed by atoms with Gasteiger partial charge in [0.1, 0.15) is 29.5 Å². The van der Waals surface area contributed by atoms with Crippen molar-refractivity contribution < 1.29 is 33.6 Å². The average Bonchev–Trinajstić information content (AvgIpc) is 2.83. The lowest BCUT2D eigenvalue weighted by atomic mass is 10.0. The van der Waals surface area contributed by atoms with Crippen molar-refractivity contribution in [1.29, 1.82) is 0 Å². The molecule has 0 aliphatic heterocycles. The minimum Gasteiger partial charge on any atom is -0.547 e. The molecule has 0 saturated carbocycles. The SMILES string of the molecule is C.CO[C@@H](Cc1ccc(OCCCOc2ccc(C(O)c3ccc(F)cc3)cc2)cc1)C(=O)[O-]. The van der Waals surface area contributed by atoms with Gasteiger partial charge in [-0.05, 0) is 53.1 Å². The van der Waals surface area contributed by atoms with Crippen molar-refractivity contribution >= 4 is 5.97 Å². The Morgan fingerprint density at radius 1 is 0.882 bits per heavy atom. The highest BCUT2D eigenvalue weighted by Crippen LogP contribution is 2.24. The first-order valence-corrected chi connectivity index (χ1v) is 10.6. The predicted octanol–water partition coefficient (Wildman–Crippen LogP) is 3.70. The first kappa shape index (κ1) is 26.8. The molecule has 7 heteroatoms. The van der Waals surface area contributed by atoms with Crippen molar-refractivity contribution in [3.8, 4) is 11.5 Å². The van der Waals surface area contributed by atoms with Gasteiger partial charge in [-0.2, -0.15) is 0 Å². The van der Waals surface area contributed by atoms with Gasteiger partial charge in [-0.1, -0.05) is 43.8 Å². The molecule has 0 aliphatic rings. The van der Waals surface area contributed by atoms with E-state index in [9.17, 15) is 19.4 Å². The normalized spacial score (nSPS) is 12.3. The lowest BCUT2D eigenvalue weighted by molar-refractivity contribution is -0.315. The molecule has 3 aromatic carbocycles. The van der Waals surface area contributed by atoms with Gasteiger partial charge in [0.05, 0.1) is 19.2 Å². The number of ether oxygens (including phenoxy) is 3. The van der Waals surface area contributed by atoms with E-state index in [4.69, 9.17) is 14.2 Å². The lowest BCUT2D eigenvalue weighted by Crippen LogP contribution is -2.38. The highest BCUT2D eigenvalue weighted by atomic mass is 19.1. The zero-order valence-corrected chi connectivity index (χ0v) is 18.3. The van der Waals surface area contributed by atoms with Crippen LogP contribution in [0.25, 0.3) is 0 Å². The minimum atomic E-state index is -1.24. The summed E-state index contributed by atoms with van der Waals surface area (Å²) in [4.78, 5) is 10.9. The van der Waals surface area contributed by atoms with Gasteiger partial charge < -0.3 is 29.2 Å². The minimum absolute atomic E-state index is 0. The van der Waals surface area contributed by atoms with Crippen LogP contribution in [-0.2, 0) is 16.0 Å². The van der Waals surface area contributed by atoms with E-state index in [1.165, 1.54) is 19.2 Å². The Hall–Kier alpha value is -3.42. The van der Waals surface area contributed by atoms with Crippen molar-refractivity contribution in [2.45, 2.75) is 32.5 Å². The van der Waals surface area contributed by atoms with Gasteiger partial charge in [0, 0.05) is 20.0 Å².